The molecular formula is C18H19F2NO4S. The minimum Gasteiger partial charge on any atom is -0.468 e. The first-order chi connectivity index (χ1) is 12.3. The number of hydrogen-bond donors (Lipinski definition) is 0. The van der Waals surface area contributed by atoms with Crippen LogP contribution >= 0.6 is 11.8 Å². The Bertz CT molecular complexity index is 776. The van der Waals surface area contributed by atoms with Gasteiger partial charge in [0.2, 0.25) is 0 Å². The van der Waals surface area contributed by atoms with Crippen molar-refractivity contribution in [2.45, 2.75) is 30.4 Å². The van der Waals surface area contributed by atoms with Crippen LogP contribution in [0.3, 0.4) is 0 Å². The maximum absolute atomic E-state index is 13.0. The van der Waals surface area contributed by atoms with E-state index in [-0.39, 0.29) is 10.5 Å². The topological polar surface area (TPSA) is 65.0 Å². The molecule has 1 heterocycles. The first-order valence-corrected chi connectivity index (χ1v) is 8.65. The highest BCUT2D eigenvalue weighted by molar-refractivity contribution is 7.99. The van der Waals surface area contributed by atoms with E-state index in [1.54, 1.807) is 32.0 Å². The Labute approximate surface area is 154 Å². The van der Waals surface area contributed by atoms with Crippen LogP contribution in [0.25, 0.3) is 0 Å². The Morgan fingerprint density at radius 1 is 1.15 bits per heavy atom. The number of benzene rings is 1. The molecule has 1 aromatic carbocycles. The number of halogens is 2. The van der Waals surface area contributed by atoms with E-state index in [9.17, 15) is 18.4 Å². The van der Waals surface area contributed by atoms with Crippen LogP contribution in [-0.2, 0) is 19.1 Å². The number of carbonyl (C=O) groups excluding carboxylic acids is 2. The maximum Gasteiger partial charge on any atom is 0.336 e. The molecule has 0 bridgehead atoms. The van der Waals surface area contributed by atoms with Gasteiger partial charge in [-0.15, -0.1) is 0 Å². The number of hydrogen-bond acceptors (Lipinski definition) is 6. The van der Waals surface area contributed by atoms with Crippen LogP contribution in [0.2, 0.25) is 0 Å². The highest BCUT2D eigenvalue weighted by Gasteiger charge is 2.43. The Morgan fingerprint density at radius 3 is 2.38 bits per heavy atom. The molecule has 26 heavy (non-hydrogen) atoms. The molecule has 0 radical (unpaired) electrons. The van der Waals surface area contributed by atoms with Crippen LogP contribution in [0.1, 0.15) is 25.3 Å². The van der Waals surface area contributed by atoms with Crippen molar-refractivity contribution in [3.63, 3.8) is 0 Å². The second-order valence-electron chi connectivity index (χ2n) is 5.64. The molecule has 5 nitrogen and oxygen atoms in total. The van der Waals surface area contributed by atoms with E-state index in [0.717, 1.165) is 0 Å². The zero-order valence-corrected chi connectivity index (χ0v) is 15.6. The molecule has 140 valence electrons. The average Bonchev–Trinajstić information content (AvgIpc) is 2.60. The van der Waals surface area contributed by atoms with Crippen molar-refractivity contribution >= 4 is 29.4 Å². The van der Waals surface area contributed by atoms with Gasteiger partial charge in [-0.05, 0) is 25.5 Å². The van der Waals surface area contributed by atoms with Gasteiger partial charge in [-0.3, -0.25) is 9.79 Å². The van der Waals surface area contributed by atoms with Crippen LogP contribution in [0, 0.1) is 5.92 Å². The molecule has 0 N–H and O–H groups in total. The summed E-state index contributed by atoms with van der Waals surface area (Å²) in [4.78, 5) is 29.4. The molecular weight excluding hydrogens is 364 g/mol. The Hall–Kier alpha value is -2.22. The highest BCUT2D eigenvalue weighted by Crippen LogP contribution is 2.44. The van der Waals surface area contributed by atoms with Gasteiger partial charge in [-0.25, -0.2) is 4.79 Å². The van der Waals surface area contributed by atoms with Gasteiger partial charge < -0.3 is 9.47 Å². The summed E-state index contributed by atoms with van der Waals surface area (Å²) in [6, 6.07) is 6.45. The van der Waals surface area contributed by atoms with Gasteiger partial charge in [0.05, 0.1) is 19.8 Å². The van der Waals surface area contributed by atoms with Gasteiger partial charge in [0.25, 0.3) is 5.76 Å². The van der Waals surface area contributed by atoms with E-state index < -0.39 is 29.5 Å². The molecule has 0 aromatic heterocycles. The first-order valence-electron chi connectivity index (χ1n) is 7.77. The number of rotatable bonds is 5. The standard InChI is InChI=1S/C18H19F2NO4S/c1-9-13(16(22)24-3)15(14(10(2)21-9)17(23)25-4)11-7-5-6-8-12(11)26-18(19)20/h5-8,13,15,18H,1-4H3. The second-order valence-corrected chi connectivity index (χ2v) is 6.67. The van der Waals surface area contributed by atoms with E-state index in [0.29, 0.717) is 28.7 Å². The van der Waals surface area contributed by atoms with E-state index in [2.05, 4.69) is 4.99 Å². The number of thioether (sulfide) groups is 1. The smallest absolute Gasteiger partial charge is 0.336 e. The largest absolute Gasteiger partial charge is 0.468 e. The zero-order valence-electron chi connectivity index (χ0n) is 14.8. The lowest BCUT2D eigenvalue weighted by molar-refractivity contribution is -0.143. The van der Waals surface area contributed by atoms with Gasteiger partial charge >= 0.3 is 11.9 Å². The average molecular weight is 383 g/mol. The third-order valence-electron chi connectivity index (χ3n) is 4.16. The molecule has 1 aliphatic heterocycles. The lowest BCUT2D eigenvalue weighted by Crippen LogP contribution is -2.36. The third-order valence-corrected chi connectivity index (χ3v) is 4.96. The fourth-order valence-electron chi connectivity index (χ4n) is 3.12. The molecule has 1 aliphatic rings. The summed E-state index contributed by atoms with van der Waals surface area (Å²) in [5.74, 6) is -5.62. The Kier molecular flexibility index (Phi) is 6.52. The fourth-order valence-corrected chi connectivity index (χ4v) is 3.80. The number of nitrogens with zero attached hydrogens (tertiary/aromatic N) is 1. The molecule has 2 unspecified atom stereocenters. The third kappa shape index (κ3) is 3.95. The molecule has 2 rings (SSSR count). The summed E-state index contributed by atoms with van der Waals surface area (Å²) in [5, 5.41) is 0. The number of allylic oxidation sites excluding steroid dienone is 1. The van der Waals surface area contributed by atoms with Crippen LogP contribution in [-0.4, -0.2) is 37.6 Å². The monoisotopic (exact) mass is 383 g/mol. The summed E-state index contributed by atoms with van der Waals surface area (Å²) in [6.45, 7) is 3.27. The van der Waals surface area contributed by atoms with E-state index in [4.69, 9.17) is 9.47 Å². The Balaban J connectivity index is 2.71. The van der Waals surface area contributed by atoms with Crippen molar-refractivity contribution in [1.29, 1.82) is 0 Å². The molecule has 0 aliphatic carbocycles. The lowest BCUT2D eigenvalue weighted by Gasteiger charge is -2.32. The molecule has 0 fully saturated rings. The summed E-state index contributed by atoms with van der Waals surface area (Å²) < 4.78 is 35.8. The van der Waals surface area contributed by atoms with Crippen LogP contribution in [0.15, 0.2) is 45.4 Å². The van der Waals surface area contributed by atoms with Gasteiger partial charge in [-0.1, -0.05) is 30.0 Å². The summed E-state index contributed by atoms with van der Waals surface area (Å²) in [6.07, 6.45) is 0. The summed E-state index contributed by atoms with van der Waals surface area (Å²) >= 11 is 0.364. The quantitative estimate of drug-likeness (QED) is 0.572. The highest BCUT2D eigenvalue weighted by atomic mass is 32.2. The van der Waals surface area contributed by atoms with Crippen molar-refractivity contribution in [2.24, 2.45) is 10.9 Å². The molecule has 2 atom stereocenters. The van der Waals surface area contributed by atoms with Gasteiger partial charge in [0.1, 0.15) is 5.92 Å². The normalized spacial score (nSPS) is 20.0. The van der Waals surface area contributed by atoms with E-state index in [1.807, 2.05) is 0 Å². The zero-order chi connectivity index (χ0) is 19.4. The van der Waals surface area contributed by atoms with E-state index >= 15 is 0 Å². The number of esters is 2. The minimum atomic E-state index is -2.64. The maximum atomic E-state index is 13.0. The van der Waals surface area contributed by atoms with Gasteiger partial charge in [0, 0.05) is 22.2 Å². The predicted octanol–water partition coefficient (Wildman–Crippen LogP) is 3.80. The van der Waals surface area contributed by atoms with E-state index in [1.165, 1.54) is 20.3 Å². The van der Waals surface area contributed by atoms with Gasteiger partial charge in [-0.2, -0.15) is 8.78 Å². The number of alkyl halides is 2. The van der Waals surface area contributed by atoms with Crippen molar-refractivity contribution in [2.75, 3.05) is 14.2 Å². The van der Waals surface area contributed by atoms with Crippen LogP contribution < -0.4 is 0 Å². The van der Waals surface area contributed by atoms with Crippen molar-refractivity contribution in [1.82, 2.24) is 0 Å². The molecule has 0 amide bonds. The van der Waals surface area contributed by atoms with Gasteiger partial charge in [0.15, 0.2) is 0 Å². The fraction of sp³-hybridized carbons (Fsp3) is 0.389. The van der Waals surface area contributed by atoms with Crippen molar-refractivity contribution in [3.8, 4) is 0 Å². The van der Waals surface area contributed by atoms with Crippen LogP contribution in [0.4, 0.5) is 8.78 Å². The molecule has 1 aromatic rings. The number of methoxy groups -OCH3 is 2. The Morgan fingerprint density at radius 2 is 1.81 bits per heavy atom. The summed E-state index contributed by atoms with van der Waals surface area (Å²) in [5.41, 5.74) is 1.43. The van der Waals surface area contributed by atoms with Crippen molar-refractivity contribution < 1.29 is 27.8 Å². The predicted molar refractivity (Wildman–Crippen MR) is 94.4 cm³/mol. The number of aliphatic imine (C=N–C) groups is 1. The SMILES string of the molecule is COC(=O)C1=C(C)N=C(C)C(C(=O)OC)C1c1ccccc1SC(F)F. The second kappa shape index (κ2) is 8.44. The molecule has 0 saturated carbocycles. The minimum absolute atomic E-state index is 0.163. The molecule has 0 saturated heterocycles. The lowest BCUT2D eigenvalue weighted by atomic mass is 9.75. The molecule has 8 heteroatoms. The first kappa shape index (κ1) is 20.1. The number of carbonyl (C=O) groups is 2. The van der Waals surface area contributed by atoms with Crippen molar-refractivity contribution in [3.05, 3.63) is 41.1 Å². The summed E-state index contributed by atoms with van der Waals surface area (Å²) in [7, 11) is 2.45. The van der Waals surface area contributed by atoms with Crippen LogP contribution in [0.5, 0.6) is 0 Å². The molecule has 0 spiro atoms. The number of ether oxygens (including phenoxy) is 2.